The number of nitrogens with one attached hydrogen (secondary N) is 2. The van der Waals surface area contributed by atoms with E-state index in [0.29, 0.717) is 23.1 Å². The summed E-state index contributed by atoms with van der Waals surface area (Å²) in [5.74, 6) is -0.189. The Balaban J connectivity index is 2.05. The molecule has 2 aromatic rings. The molecule has 0 aliphatic rings. The summed E-state index contributed by atoms with van der Waals surface area (Å²) >= 11 is 1.37. The molecule has 0 aliphatic heterocycles. The zero-order valence-electron chi connectivity index (χ0n) is 12.6. The quantitative estimate of drug-likeness (QED) is 0.877. The molecule has 0 saturated carbocycles. The Labute approximate surface area is 132 Å². The van der Waals surface area contributed by atoms with Crippen LogP contribution in [0.3, 0.4) is 0 Å². The maximum Gasteiger partial charge on any atom is 0.257 e. The summed E-state index contributed by atoms with van der Waals surface area (Å²) in [6.07, 6.45) is 1.47. The van der Waals surface area contributed by atoms with Crippen LogP contribution in [0.4, 0.5) is 10.9 Å². The van der Waals surface area contributed by atoms with Gasteiger partial charge < -0.3 is 10.2 Å². The topological polar surface area (TPSA) is 87.2 Å². The van der Waals surface area contributed by atoms with Crippen LogP contribution in [0.1, 0.15) is 23.0 Å². The predicted octanol–water partition coefficient (Wildman–Crippen LogP) is 1.81. The summed E-state index contributed by atoms with van der Waals surface area (Å²) in [6.45, 7) is 2.10. The summed E-state index contributed by atoms with van der Waals surface area (Å²) < 4.78 is 0. The highest BCUT2D eigenvalue weighted by Crippen LogP contribution is 2.17. The van der Waals surface area contributed by atoms with Crippen LogP contribution in [0.25, 0.3) is 0 Å². The van der Waals surface area contributed by atoms with Crippen molar-refractivity contribution in [3.05, 3.63) is 35.0 Å². The van der Waals surface area contributed by atoms with Crippen molar-refractivity contribution in [1.29, 1.82) is 0 Å². The molecular weight excluding hydrogens is 302 g/mol. The van der Waals surface area contributed by atoms with E-state index in [-0.39, 0.29) is 11.8 Å². The Bertz CT molecular complexity index is 683. The minimum absolute atomic E-state index is 0.238. The van der Waals surface area contributed by atoms with Crippen LogP contribution in [0.2, 0.25) is 0 Å². The van der Waals surface area contributed by atoms with E-state index in [4.69, 9.17) is 0 Å². The summed E-state index contributed by atoms with van der Waals surface area (Å²) in [5, 5.41) is 7.73. The molecule has 0 aliphatic carbocycles. The van der Waals surface area contributed by atoms with Gasteiger partial charge in [-0.3, -0.25) is 14.9 Å². The fourth-order valence-corrected chi connectivity index (χ4v) is 2.45. The number of rotatable bonds is 5. The van der Waals surface area contributed by atoms with Gasteiger partial charge in [0.15, 0.2) is 5.13 Å². The second-order valence-electron chi connectivity index (χ2n) is 4.95. The SMILES string of the molecule is CC(=O)Nc1cc(C(=O)Nc2nc(CN(C)C)cs2)ccn1. The average molecular weight is 319 g/mol. The van der Waals surface area contributed by atoms with Gasteiger partial charge in [0.05, 0.1) is 5.69 Å². The molecule has 0 unspecified atom stereocenters. The first-order valence-electron chi connectivity index (χ1n) is 6.58. The van der Waals surface area contributed by atoms with Crippen molar-refractivity contribution in [3.8, 4) is 0 Å². The van der Waals surface area contributed by atoms with E-state index in [1.165, 1.54) is 30.5 Å². The van der Waals surface area contributed by atoms with E-state index in [2.05, 4.69) is 20.6 Å². The van der Waals surface area contributed by atoms with Gasteiger partial charge in [-0.25, -0.2) is 9.97 Å². The van der Waals surface area contributed by atoms with Gasteiger partial charge in [-0.05, 0) is 26.2 Å². The van der Waals surface area contributed by atoms with Crippen molar-refractivity contribution >= 4 is 34.1 Å². The highest BCUT2D eigenvalue weighted by atomic mass is 32.1. The predicted molar refractivity (Wildman–Crippen MR) is 86.0 cm³/mol. The van der Waals surface area contributed by atoms with Gasteiger partial charge in [0, 0.05) is 30.6 Å². The van der Waals surface area contributed by atoms with Gasteiger partial charge in [-0.1, -0.05) is 0 Å². The lowest BCUT2D eigenvalue weighted by molar-refractivity contribution is -0.114. The first kappa shape index (κ1) is 16.1. The van der Waals surface area contributed by atoms with Gasteiger partial charge in [0.2, 0.25) is 5.91 Å². The molecule has 8 heteroatoms. The third-order valence-corrected chi connectivity index (χ3v) is 3.38. The molecule has 0 bridgehead atoms. The van der Waals surface area contributed by atoms with E-state index >= 15 is 0 Å². The zero-order valence-corrected chi connectivity index (χ0v) is 13.4. The summed E-state index contributed by atoms with van der Waals surface area (Å²) in [7, 11) is 3.91. The molecule has 0 saturated heterocycles. The van der Waals surface area contributed by atoms with Crippen LogP contribution in [0, 0.1) is 0 Å². The molecule has 7 nitrogen and oxygen atoms in total. The van der Waals surface area contributed by atoms with Crippen LogP contribution in [-0.4, -0.2) is 40.8 Å². The fourth-order valence-electron chi connectivity index (χ4n) is 1.75. The van der Waals surface area contributed by atoms with Crippen molar-refractivity contribution in [1.82, 2.24) is 14.9 Å². The molecule has 2 N–H and O–H groups in total. The number of amides is 2. The van der Waals surface area contributed by atoms with E-state index in [1.54, 1.807) is 6.07 Å². The number of pyridine rings is 1. The lowest BCUT2D eigenvalue weighted by Crippen LogP contribution is -2.14. The third kappa shape index (κ3) is 4.61. The molecule has 2 rings (SSSR count). The Morgan fingerprint density at radius 2 is 2.09 bits per heavy atom. The van der Waals surface area contributed by atoms with Gasteiger partial charge in [0.1, 0.15) is 5.82 Å². The Morgan fingerprint density at radius 1 is 1.32 bits per heavy atom. The number of anilines is 2. The molecule has 22 heavy (non-hydrogen) atoms. The maximum absolute atomic E-state index is 12.2. The smallest absolute Gasteiger partial charge is 0.257 e. The normalized spacial score (nSPS) is 10.5. The minimum Gasteiger partial charge on any atom is -0.311 e. The maximum atomic E-state index is 12.2. The van der Waals surface area contributed by atoms with Crippen LogP contribution >= 0.6 is 11.3 Å². The molecule has 2 aromatic heterocycles. The van der Waals surface area contributed by atoms with Gasteiger partial charge >= 0.3 is 0 Å². The summed E-state index contributed by atoms with van der Waals surface area (Å²) in [5.41, 5.74) is 1.31. The molecule has 0 radical (unpaired) electrons. The molecule has 0 aromatic carbocycles. The third-order valence-electron chi connectivity index (χ3n) is 2.58. The standard InChI is InChI=1S/C14H17N5O2S/c1-9(20)16-12-6-10(4-5-15-12)13(21)18-14-17-11(8-22-14)7-19(2)3/h4-6,8H,7H2,1-3H3,(H,15,16,20)(H,17,18,21). The number of thiazole rings is 1. The number of hydrogen-bond donors (Lipinski definition) is 2. The second-order valence-corrected chi connectivity index (χ2v) is 5.80. The summed E-state index contributed by atoms with van der Waals surface area (Å²) in [6, 6.07) is 3.10. The summed E-state index contributed by atoms with van der Waals surface area (Å²) in [4.78, 5) is 33.5. The number of hydrogen-bond acceptors (Lipinski definition) is 6. The van der Waals surface area contributed by atoms with E-state index < -0.39 is 0 Å². The Hall–Kier alpha value is -2.32. The zero-order chi connectivity index (χ0) is 16.1. The molecule has 0 fully saturated rings. The van der Waals surface area contributed by atoms with Crippen LogP contribution in [-0.2, 0) is 11.3 Å². The van der Waals surface area contributed by atoms with E-state index in [1.807, 2.05) is 24.4 Å². The first-order chi connectivity index (χ1) is 10.4. The largest absolute Gasteiger partial charge is 0.311 e. The van der Waals surface area contributed by atoms with Gasteiger partial charge in [0.25, 0.3) is 5.91 Å². The van der Waals surface area contributed by atoms with Crippen molar-refractivity contribution in [2.75, 3.05) is 24.7 Å². The number of carbonyl (C=O) groups is 2. The fraction of sp³-hybridized carbons (Fsp3) is 0.286. The molecule has 116 valence electrons. The van der Waals surface area contributed by atoms with Crippen molar-refractivity contribution in [2.24, 2.45) is 0 Å². The van der Waals surface area contributed by atoms with Crippen LogP contribution < -0.4 is 10.6 Å². The minimum atomic E-state index is -0.292. The van der Waals surface area contributed by atoms with Gasteiger partial charge in [-0.15, -0.1) is 11.3 Å². The van der Waals surface area contributed by atoms with E-state index in [9.17, 15) is 9.59 Å². The highest BCUT2D eigenvalue weighted by Gasteiger charge is 2.11. The second kappa shape index (κ2) is 7.10. The molecular formula is C14H17N5O2S. The average Bonchev–Trinajstić information content (AvgIpc) is 2.84. The molecule has 0 spiro atoms. The van der Waals surface area contributed by atoms with Crippen LogP contribution in [0.5, 0.6) is 0 Å². The Morgan fingerprint density at radius 3 is 2.77 bits per heavy atom. The Kier molecular flexibility index (Phi) is 5.18. The highest BCUT2D eigenvalue weighted by molar-refractivity contribution is 7.13. The van der Waals surface area contributed by atoms with E-state index in [0.717, 1.165) is 5.69 Å². The molecule has 2 heterocycles. The van der Waals surface area contributed by atoms with Crippen molar-refractivity contribution in [3.63, 3.8) is 0 Å². The number of aromatic nitrogens is 2. The number of nitrogens with zero attached hydrogens (tertiary/aromatic N) is 3. The number of carbonyl (C=O) groups excluding carboxylic acids is 2. The molecule has 2 amide bonds. The first-order valence-corrected chi connectivity index (χ1v) is 7.46. The van der Waals surface area contributed by atoms with Crippen LogP contribution in [0.15, 0.2) is 23.7 Å². The lowest BCUT2D eigenvalue weighted by Gasteiger charge is -2.06. The van der Waals surface area contributed by atoms with Crippen molar-refractivity contribution < 1.29 is 9.59 Å². The van der Waals surface area contributed by atoms with Crippen molar-refractivity contribution in [2.45, 2.75) is 13.5 Å². The molecule has 0 atom stereocenters. The van der Waals surface area contributed by atoms with Gasteiger partial charge in [-0.2, -0.15) is 0 Å². The monoisotopic (exact) mass is 319 g/mol. The lowest BCUT2D eigenvalue weighted by atomic mass is 10.2.